The van der Waals surface area contributed by atoms with Crippen LogP contribution in [-0.4, -0.2) is 6.08 Å². The van der Waals surface area contributed by atoms with Gasteiger partial charge in [0.25, 0.3) is 6.26 Å². The molecule has 0 aliphatic heterocycles. The van der Waals surface area contributed by atoms with Crippen LogP contribution < -0.4 is 4.74 Å². The first-order chi connectivity index (χ1) is 6.69. The molecule has 0 bridgehead atoms. The van der Waals surface area contributed by atoms with E-state index in [2.05, 4.69) is 4.99 Å². The normalized spacial score (nSPS) is 8.64. The van der Waals surface area contributed by atoms with Gasteiger partial charge in [-0.05, 0) is 37.1 Å². The van der Waals surface area contributed by atoms with Crippen LogP contribution in [0.2, 0.25) is 0 Å². The van der Waals surface area contributed by atoms with E-state index in [1.165, 1.54) is 6.08 Å². The number of benzene rings is 1. The summed E-state index contributed by atoms with van der Waals surface area (Å²) in [6.07, 6.45) is 3.07. The van der Waals surface area contributed by atoms with Gasteiger partial charge in [-0.15, -0.1) is 5.26 Å². The number of carbonyl (C=O) groups excluding carboxylic acids is 1. The van der Waals surface area contributed by atoms with E-state index in [1.54, 1.807) is 32.2 Å². The molecule has 1 aromatic rings. The van der Waals surface area contributed by atoms with Crippen LogP contribution in [0.15, 0.2) is 17.1 Å². The molecule has 0 aromatic heterocycles. The quantitative estimate of drug-likeness (QED) is 0.405. The lowest BCUT2D eigenvalue weighted by Crippen LogP contribution is -1.87. The van der Waals surface area contributed by atoms with E-state index in [9.17, 15) is 4.79 Å². The maximum atomic E-state index is 10.1. The average Bonchev–Trinajstić information content (AvgIpc) is 2.14. The average molecular weight is 188 g/mol. The van der Waals surface area contributed by atoms with Crippen LogP contribution in [0.5, 0.6) is 5.75 Å². The first-order valence-corrected chi connectivity index (χ1v) is 3.94. The second-order valence-electron chi connectivity index (χ2n) is 2.80. The number of nitriles is 1. The highest BCUT2D eigenvalue weighted by Crippen LogP contribution is 2.27. The number of aryl methyl sites for hydroxylation is 2. The van der Waals surface area contributed by atoms with Crippen molar-refractivity contribution in [3.63, 3.8) is 0 Å². The molecule has 4 heteroatoms. The van der Waals surface area contributed by atoms with Gasteiger partial charge in [0, 0.05) is 0 Å². The maximum absolute atomic E-state index is 10.1. The van der Waals surface area contributed by atoms with Gasteiger partial charge in [0.2, 0.25) is 6.08 Å². The van der Waals surface area contributed by atoms with E-state index in [0.29, 0.717) is 11.4 Å². The first kappa shape index (κ1) is 9.97. The van der Waals surface area contributed by atoms with Crippen molar-refractivity contribution in [2.24, 2.45) is 4.99 Å². The van der Waals surface area contributed by atoms with E-state index in [1.807, 2.05) is 0 Å². The predicted octanol–water partition coefficient (Wildman–Crippen LogP) is 2.13. The molecule has 1 aromatic carbocycles. The molecule has 0 amide bonds. The Kier molecular flexibility index (Phi) is 3.01. The second-order valence-corrected chi connectivity index (χ2v) is 2.80. The Balaban J connectivity index is 3.24. The molecule has 14 heavy (non-hydrogen) atoms. The third kappa shape index (κ3) is 1.98. The number of rotatable bonds is 2. The van der Waals surface area contributed by atoms with Crippen LogP contribution in [-0.2, 0) is 4.79 Å². The molecule has 0 N–H and O–H groups in total. The smallest absolute Gasteiger partial charge is 0.292 e. The van der Waals surface area contributed by atoms with Crippen molar-refractivity contribution in [3.8, 4) is 12.0 Å². The topological polar surface area (TPSA) is 62.4 Å². The fraction of sp³-hybridized carbons (Fsp3) is 0.200. The van der Waals surface area contributed by atoms with Gasteiger partial charge < -0.3 is 4.74 Å². The van der Waals surface area contributed by atoms with E-state index in [4.69, 9.17) is 10.00 Å². The van der Waals surface area contributed by atoms with Crippen LogP contribution in [0.4, 0.5) is 5.69 Å². The summed E-state index contributed by atoms with van der Waals surface area (Å²) >= 11 is 0. The molecule has 0 aliphatic carbocycles. The van der Waals surface area contributed by atoms with Crippen LogP contribution in [0.1, 0.15) is 11.1 Å². The third-order valence-corrected chi connectivity index (χ3v) is 1.82. The van der Waals surface area contributed by atoms with Gasteiger partial charge in [-0.25, -0.2) is 4.79 Å². The molecule has 70 valence electrons. The second kappa shape index (κ2) is 4.22. The summed E-state index contributed by atoms with van der Waals surface area (Å²) in [5.74, 6) is 0.481. The zero-order valence-electron chi connectivity index (χ0n) is 7.87. The summed E-state index contributed by atoms with van der Waals surface area (Å²) in [5, 5.41) is 8.35. The van der Waals surface area contributed by atoms with E-state index >= 15 is 0 Å². The Morgan fingerprint density at radius 1 is 1.36 bits per heavy atom. The summed E-state index contributed by atoms with van der Waals surface area (Å²) in [7, 11) is 0. The summed E-state index contributed by atoms with van der Waals surface area (Å²) in [6, 6.07) is 3.33. The van der Waals surface area contributed by atoms with E-state index in [0.717, 1.165) is 11.1 Å². The number of hydrogen-bond acceptors (Lipinski definition) is 4. The third-order valence-electron chi connectivity index (χ3n) is 1.82. The highest BCUT2D eigenvalue weighted by molar-refractivity contribution is 5.58. The summed E-state index contributed by atoms with van der Waals surface area (Å²) in [4.78, 5) is 13.6. The molecule has 1 rings (SSSR count). The maximum Gasteiger partial charge on any atom is 0.292 e. The van der Waals surface area contributed by atoms with Crippen LogP contribution >= 0.6 is 0 Å². The van der Waals surface area contributed by atoms with Crippen molar-refractivity contribution in [2.75, 3.05) is 0 Å². The fourth-order valence-corrected chi connectivity index (χ4v) is 1.10. The Labute approximate surface area is 81.5 Å². The Morgan fingerprint density at radius 2 is 2.07 bits per heavy atom. The molecule has 0 saturated heterocycles. The van der Waals surface area contributed by atoms with Crippen molar-refractivity contribution in [3.05, 3.63) is 23.3 Å². The summed E-state index contributed by atoms with van der Waals surface area (Å²) < 4.78 is 4.72. The van der Waals surface area contributed by atoms with Gasteiger partial charge in [-0.1, -0.05) is 0 Å². The molecule has 0 saturated carbocycles. The van der Waals surface area contributed by atoms with Crippen molar-refractivity contribution in [1.29, 1.82) is 5.26 Å². The zero-order chi connectivity index (χ0) is 10.6. The van der Waals surface area contributed by atoms with Crippen molar-refractivity contribution < 1.29 is 9.53 Å². The van der Waals surface area contributed by atoms with Crippen LogP contribution in [0, 0.1) is 25.4 Å². The van der Waals surface area contributed by atoms with Crippen molar-refractivity contribution in [1.82, 2.24) is 0 Å². The van der Waals surface area contributed by atoms with Gasteiger partial charge >= 0.3 is 0 Å². The molecule has 0 radical (unpaired) electrons. The highest BCUT2D eigenvalue weighted by Gasteiger charge is 2.04. The summed E-state index contributed by atoms with van der Waals surface area (Å²) in [5.41, 5.74) is 2.07. The number of isocyanates is 1. The predicted molar refractivity (Wildman–Crippen MR) is 49.9 cm³/mol. The Morgan fingerprint density at radius 3 is 2.64 bits per heavy atom. The van der Waals surface area contributed by atoms with Gasteiger partial charge in [-0.2, -0.15) is 4.99 Å². The zero-order valence-corrected chi connectivity index (χ0v) is 7.87. The fourth-order valence-electron chi connectivity index (χ4n) is 1.10. The number of nitrogens with zero attached hydrogens (tertiary/aromatic N) is 2. The molecule has 4 nitrogen and oxygen atoms in total. The minimum atomic E-state index is 0.481. The SMILES string of the molecule is Cc1cc(OC#N)c(C)cc1N=C=O. The Hall–Kier alpha value is -2.11. The highest BCUT2D eigenvalue weighted by atomic mass is 16.5. The lowest BCUT2D eigenvalue weighted by molar-refractivity contribution is 0.502. The molecule has 0 spiro atoms. The lowest BCUT2D eigenvalue weighted by Gasteiger charge is -2.04. The van der Waals surface area contributed by atoms with Crippen molar-refractivity contribution >= 4 is 11.8 Å². The van der Waals surface area contributed by atoms with Gasteiger partial charge in [-0.3, -0.25) is 0 Å². The van der Waals surface area contributed by atoms with Gasteiger partial charge in [0.15, 0.2) is 0 Å². The molecule has 0 atom stereocenters. The molecule has 0 heterocycles. The molecule has 0 aliphatic rings. The Bertz CT molecular complexity index is 440. The minimum Gasteiger partial charge on any atom is -0.388 e. The monoisotopic (exact) mass is 188 g/mol. The van der Waals surface area contributed by atoms with Gasteiger partial charge in [0.05, 0.1) is 5.69 Å². The number of hydrogen-bond donors (Lipinski definition) is 0. The largest absolute Gasteiger partial charge is 0.388 e. The molecule has 0 unspecified atom stereocenters. The van der Waals surface area contributed by atoms with Gasteiger partial charge in [0.1, 0.15) is 5.75 Å². The molecular weight excluding hydrogens is 180 g/mol. The van der Waals surface area contributed by atoms with Crippen LogP contribution in [0.3, 0.4) is 0 Å². The molecular formula is C10H8N2O2. The minimum absolute atomic E-state index is 0.481. The summed E-state index contributed by atoms with van der Waals surface area (Å²) in [6.45, 7) is 3.55. The standard InChI is InChI=1S/C10H8N2O2/c1-7-4-10(14-5-11)8(2)3-9(7)12-6-13/h3-4H,1-2H3. The first-order valence-electron chi connectivity index (χ1n) is 3.94. The van der Waals surface area contributed by atoms with E-state index in [-0.39, 0.29) is 0 Å². The van der Waals surface area contributed by atoms with Crippen LogP contribution in [0.25, 0.3) is 0 Å². The lowest BCUT2D eigenvalue weighted by atomic mass is 10.1. The number of ether oxygens (including phenoxy) is 1. The van der Waals surface area contributed by atoms with Crippen molar-refractivity contribution in [2.45, 2.75) is 13.8 Å². The molecule has 0 fully saturated rings. The number of aliphatic imine (C=N–C) groups is 1. The van der Waals surface area contributed by atoms with E-state index < -0.39 is 0 Å².